The van der Waals surface area contributed by atoms with Gasteiger partial charge in [0.1, 0.15) is 0 Å². The van der Waals surface area contributed by atoms with Crippen molar-refractivity contribution in [2.75, 3.05) is 18.4 Å². The summed E-state index contributed by atoms with van der Waals surface area (Å²) >= 11 is 3.46. The quantitative estimate of drug-likeness (QED) is 0.626. The number of benzene rings is 2. The molecule has 1 heterocycles. The molecule has 5 heteroatoms. The molecule has 3 rings (SSSR count). The highest BCUT2D eigenvalue weighted by Gasteiger charge is 2.04. The molecular weight excluding hydrogens is 366 g/mol. The Morgan fingerprint density at radius 1 is 1.04 bits per heavy atom. The number of carbonyl (C=O) groups is 1. The highest BCUT2D eigenvalue weighted by molar-refractivity contribution is 9.10. The normalized spacial score (nSPS) is 10.5. The van der Waals surface area contributed by atoms with Crippen LogP contribution in [0.5, 0.6) is 0 Å². The van der Waals surface area contributed by atoms with Crippen LogP contribution in [0.4, 0.5) is 5.69 Å². The molecule has 4 nitrogen and oxygen atoms in total. The molecule has 0 radical (unpaired) electrons. The molecule has 24 heavy (non-hydrogen) atoms. The number of fused-ring (bicyclic) bond motifs is 1. The number of nitrogens with zero attached hydrogens (tertiary/aromatic N) is 1. The maximum atomic E-state index is 11.9. The van der Waals surface area contributed by atoms with E-state index in [-0.39, 0.29) is 5.91 Å². The lowest BCUT2D eigenvalue weighted by molar-refractivity contribution is 0.0953. The van der Waals surface area contributed by atoms with Crippen LogP contribution in [0.25, 0.3) is 10.9 Å². The molecule has 3 aromatic rings. The van der Waals surface area contributed by atoms with Crippen LogP contribution in [0, 0.1) is 0 Å². The van der Waals surface area contributed by atoms with Crippen LogP contribution in [0.15, 0.2) is 65.3 Å². The summed E-state index contributed by atoms with van der Waals surface area (Å²) in [6, 6.07) is 17.3. The lowest BCUT2D eigenvalue weighted by Crippen LogP contribution is -2.25. The van der Waals surface area contributed by atoms with Gasteiger partial charge in [-0.3, -0.25) is 9.78 Å². The van der Waals surface area contributed by atoms with Gasteiger partial charge in [0.05, 0.1) is 5.52 Å². The fourth-order valence-electron chi connectivity index (χ4n) is 2.48. The summed E-state index contributed by atoms with van der Waals surface area (Å²) in [5.41, 5.74) is 2.70. The van der Waals surface area contributed by atoms with Crippen molar-refractivity contribution >= 4 is 38.4 Å². The first-order chi connectivity index (χ1) is 11.7. The van der Waals surface area contributed by atoms with E-state index in [1.54, 1.807) is 6.20 Å². The fraction of sp³-hybridized carbons (Fsp3) is 0.158. The van der Waals surface area contributed by atoms with Gasteiger partial charge < -0.3 is 10.6 Å². The highest BCUT2D eigenvalue weighted by atomic mass is 79.9. The molecule has 0 aliphatic heterocycles. The van der Waals surface area contributed by atoms with E-state index in [1.165, 1.54) is 0 Å². The van der Waals surface area contributed by atoms with E-state index in [9.17, 15) is 4.79 Å². The Morgan fingerprint density at radius 2 is 1.88 bits per heavy atom. The van der Waals surface area contributed by atoms with Crippen molar-refractivity contribution in [1.82, 2.24) is 10.3 Å². The van der Waals surface area contributed by atoms with Crippen LogP contribution in [0.1, 0.15) is 16.8 Å². The highest BCUT2D eigenvalue weighted by Crippen LogP contribution is 2.24. The van der Waals surface area contributed by atoms with Gasteiger partial charge in [-0.2, -0.15) is 0 Å². The van der Waals surface area contributed by atoms with Crippen LogP contribution in [-0.2, 0) is 0 Å². The lowest BCUT2D eigenvalue weighted by Gasteiger charge is -2.10. The summed E-state index contributed by atoms with van der Waals surface area (Å²) in [4.78, 5) is 16.3. The van der Waals surface area contributed by atoms with Gasteiger partial charge in [-0.05, 0) is 42.8 Å². The van der Waals surface area contributed by atoms with Crippen molar-refractivity contribution in [3.63, 3.8) is 0 Å². The molecule has 0 atom stereocenters. The maximum absolute atomic E-state index is 11.9. The summed E-state index contributed by atoms with van der Waals surface area (Å²) in [5, 5.41) is 7.44. The number of hydrogen-bond acceptors (Lipinski definition) is 3. The molecule has 1 amide bonds. The number of nitrogens with one attached hydrogen (secondary N) is 2. The van der Waals surface area contributed by atoms with E-state index >= 15 is 0 Å². The molecule has 2 N–H and O–H groups in total. The predicted molar refractivity (Wildman–Crippen MR) is 101 cm³/mol. The number of pyridine rings is 1. The zero-order chi connectivity index (χ0) is 16.8. The van der Waals surface area contributed by atoms with Crippen LogP contribution in [-0.4, -0.2) is 24.0 Å². The third-order valence-electron chi connectivity index (χ3n) is 3.70. The number of rotatable bonds is 6. The Morgan fingerprint density at radius 3 is 2.71 bits per heavy atom. The van der Waals surface area contributed by atoms with E-state index in [0.717, 1.165) is 34.0 Å². The van der Waals surface area contributed by atoms with Crippen molar-refractivity contribution < 1.29 is 4.79 Å². The lowest BCUT2D eigenvalue weighted by atomic mass is 10.2. The molecule has 0 aliphatic carbocycles. The van der Waals surface area contributed by atoms with Gasteiger partial charge in [0.25, 0.3) is 5.91 Å². The Labute approximate surface area is 149 Å². The summed E-state index contributed by atoms with van der Waals surface area (Å²) in [6.07, 6.45) is 2.65. The van der Waals surface area contributed by atoms with Gasteiger partial charge in [-0.25, -0.2) is 0 Å². The molecule has 1 aromatic heterocycles. The van der Waals surface area contributed by atoms with Crippen LogP contribution in [0.2, 0.25) is 0 Å². The summed E-state index contributed by atoms with van der Waals surface area (Å²) < 4.78 is 1.02. The molecule has 0 fully saturated rings. The zero-order valence-corrected chi connectivity index (χ0v) is 14.7. The van der Waals surface area contributed by atoms with Crippen molar-refractivity contribution in [2.24, 2.45) is 0 Å². The van der Waals surface area contributed by atoms with Crippen molar-refractivity contribution in [1.29, 1.82) is 0 Å². The molecule has 0 spiro atoms. The van der Waals surface area contributed by atoms with Crippen LogP contribution in [0.3, 0.4) is 0 Å². The van der Waals surface area contributed by atoms with E-state index in [0.29, 0.717) is 12.1 Å². The van der Waals surface area contributed by atoms with E-state index in [4.69, 9.17) is 0 Å². The monoisotopic (exact) mass is 383 g/mol. The Balaban J connectivity index is 1.50. The average molecular weight is 384 g/mol. The van der Waals surface area contributed by atoms with Gasteiger partial charge in [0.15, 0.2) is 0 Å². The van der Waals surface area contributed by atoms with Crippen molar-refractivity contribution in [3.8, 4) is 0 Å². The van der Waals surface area contributed by atoms with Gasteiger partial charge >= 0.3 is 0 Å². The number of hydrogen-bond donors (Lipinski definition) is 2. The molecule has 0 saturated carbocycles. The van der Waals surface area contributed by atoms with Gasteiger partial charge in [0, 0.05) is 40.4 Å². The SMILES string of the molecule is O=C(NCCCNc1ccnc2cc(Br)ccc12)c1ccccc1. The van der Waals surface area contributed by atoms with Gasteiger partial charge in [0.2, 0.25) is 0 Å². The second-order valence-corrected chi connectivity index (χ2v) is 6.34. The fourth-order valence-corrected chi connectivity index (χ4v) is 2.83. The smallest absolute Gasteiger partial charge is 0.251 e. The van der Waals surface area contributed by atoms with Crippen molar-refractivity contribution in [2.45, 2.75) is 6.42 Å². The number of carbonyl (C=O) groups excluding carboxylic acids is 1. The minimum atomic E-state index is -0.0326. The molecule has 122 valence electrons. The molecule has 0 saturated heterocycles. The molecule has 0 bridgehead atoms. The molecule has 0 aliphatic rings. The van der Waals surface area contributed by atoms with Crippen LogP contribution >= 0.6 is 15.9 Å². The van der Waals surface area contributed by atoms with Gasteiger partial charge in [-0.15, -0.1) is 0 Å². The molecule has 2 aromatic carbocycles. The minimum absolute atomic E-state index is 0.0326. The number of halogens is 1. The second-order valence-electron chi connectivity index (χ2n) is 5.42. The van der Waals surface area contributed by atoms with E-state index < -0.39 is 0 Å². The number of anilines is 1. The first-order valence-corrected chi connectivity index (χ1v) is 8.65. The number of amides is 1. The Hall–Kier alpha value is -2.40. The first kappa shape index (κ1) is 16.5. The average Bonchev–Trinajstić information content (AvgIpc) is 2.61. The Bertz CT molecular complexity index is 836. The van der Waals surface area contributed by atoms with Crippen molar-refractivity contribution in [3.05, 3.63) is 70.8 Å². The van der Waals surface area contributed by atoms with E-state index in [1.807, 2.05) is 54.6 Å². The molecular formula is C19H18BrN3O. The topological polar surface area (TPSA) is 54.0 Å². The van der Waals surface area contributed by atoms with E-state index in [2.05, 4.69) is 31.5 Å². The molecule has 0 unspecified atom stereocenters. The third-order valence-corrected chi connectivity index (χ3v) is 4.19. The largest absolute Gasteiger partial charge is 0.384 e. The van der Waals surface area contributed by atoms with Gasteiger partial charge in [-0.1, -0.05) is 34.1 Å². The summed E-state index contributed by atoms with van der Waals surface area (Å²) in [7, 11) is 0. The number of aromatic nitrogens is 1. The first-order valence-electron chi connectivity index (χ1n) is 7.85. The predicted octanol–water partition coefficient (Wildman–Crippen LogP) is 4.23. The summed E-state index contributed by atoms with van der Waals surface area (Å²) in [5.74, 6) is -0.0326. The van der Waals surface area contributed by atoms with Crippen LogP contribution < -0.4 is 10.6 Å². The minimum Gasteiger partial charge on any atom is -0.384 e. The zero-order valence-electron chi connectivity index (χ0n) is 13.1. The third kappa shape index (κ3) is 4.11. The Kier molecular flexibility index (Phi) is 5.43. The maximum Gasteiger partial charge on any atom is 0.251 e. The standard InChI is InChI=1S/C19H18BrN3O/c20-15-7-8-16-17(9-12-22-18(16)13-15)21-10-4-11-23-19(24)14-5-2-1-3-6-14/h1-3,5-9,12-13H,4,10-11H2,(H,21,22)(H,23,24). The summed E-state index contributed by atoms with van der Waals surface area (Å²) in [6.45, 7) is 1.42. The second kappa shape index (κ2) is 7.93.